The number of benzene rings is 2. The molecule has 2 aliphatic carbocycles. The maximum absolute atomic E-state index is 17.0. The van der Waals surface area contributed by atoms with Crippen LogP contribution in [0.3, 0.4) is 0 Å². The maximum Gasteiger partial charge on any atom is 0.319 e. The summed E-state index contributed by atoms with van der Waals surface area (Å²) < 4.78 is 68.9. The van der Waals surface area contributed by atoms with Gasteiger partial charge in [0.05, 0.1) is 35.7 Å². The first-order valence-electron chi connectivity index (χ1n) is 18.8. The minimum Gasteiger partial charge on any atom is -0.508 e. The van der Waals surface area contributed by atoms with E-state index in [1.807, 2.05) is 0 Å². The zero-order valence-corrected chi connectivity index (χ0v) is 30.4. The van der Waals surface area contributed by atoms with Gasteiger partial charge in [-0.3, -0.25) is 9.88 Å². The number of aromatic nitrogens is 3. The molecule has 1 unspecified atom stereocenters. The third-order valence-electron chi connectivity index (χ3n) is 12.7. The van der Waals surface area contributed by atoms with Gasteiger partial charge in [0.15, 0.2) is 15.7 Å². The number of ether oxygens (including phenoxy) is 2. The summed E-state index contributed by atoms with van der Waals surface area (Å²) >= 11 is 0. The Balaban J connectivity index is 1.08. The van der Waals surface area contributed by atoms with Crippen molar-refractivity contribution in [2.24, 2.45) is 17.3 Å². The number of hydrogen-bond acceptors (Lipinski definition) is 10. The summed E-state index contributed by atoms with van der Waals surface area (Å²) in [5, 5.41) is 11.8. The molecular weight excluding hydrogens is 701 g/mol. The monoisotopic (exact) mass is 743 g/mol. The van der Waals surface area contributed by atoms with E-state index in [1.54, 1.807) is 0 Å². The smallest absolute Gasteiger partial charge is 0.319 e. The van der Waals surface area contributed by atoms with Crippen molar-refractivity contribution in [2.75, 3.05) is 55.9 Å². The lowest BCUT2D eigenvalue weighted by atomic mass is 9.75. The molecule has 0 amide bonds. The van der Waals surface area contributed by atoms with Gasteiger partial charge in [-0.1, -0.05) is 18.4 Å². The van der Waals surface area contributed by atoms with E-state index >= 15 is 4.39 Å². The van der Waals surface area contributed by atoms with Gasteiger partial charge in [0.2, 0.25) is 0 Å². The Morgan fingerprint density at radius 2 is 1.85 bits per heavy atom. The molecule has 9 rings (SSSR count). The lowest BCUT2D eigenvalue weighted by Gasteiger charge is -2.48. The van der Waals surface area contributed by atoms with Crippen molar-refractivity contribution in [2.45, 2.75) is 63.5 Å². The third-order valence-corrected chi connectivity index (χ3v) is 14.5. The first-order valence-corrected chi connectivity index (χ1v) is 20.7. The molecule has 2 aromatic carbocycles. The van der Waals surface area contributed by atoms with Gasteiger partial charge in [0, 0.05) is 54.3 Å². The number of terminal acetylenes is 1. The van der Waals surface area contributed by atoms with Crippen LogP contribution in [-0.4, -0.2) is 96.4 Å². The molecule has 2 aromatic heterocycles. The van der Waals surface area contributed by atoms with Gasteiger partial charge in [-0.05, 0) is 86.9 Å². The van der Waals surface area contributed by atoms with E-state index in [1.165, 1.54) is 30.5 Å². The number of nitrogens with zero attached hydrogens (tertiary/aromatic N) is 5. The van der Waals surface area contributed by atoms with Gasteiger partial charge in [-0.2, -0.15) is 9.97 Å². The van der Waals surface area contributed by atoms with E-state index < -0.39 is 21.5 Å². The van der Waals surface area contributed by atoms with Crippen LogP contribution in [0, 0.1) is 41.2 Å². The van der Waals surface area contributed by atoms with Gasteiger partial charge in [-0.15, -0.1) is 6.42 Å². The summed E-state index contributed by atoms with van der Waals surface area (Å²) in [6.45, 7) is 3.67. The Kier molecular flexibility index (Phi) is 8.70. The number of phenols is 1. The van der Waals surface area contributed by atoms with Crippen LogP contribution in [0.5, 0.6) is 11.8 Å². The number of pyridine rings is 1. The quantitative estimate of drug-likeness (QED) is 0.240. The fourth-order valence-corrected chi connectivity index (χ4v) is 12.6. The number of likely N-dealkylation sites (tertiary alicyclic amines) is 1. The molecule has 5 heterocycles. The SMILES string of the molecule is C#Cc1c(F)ccc2cc(O)cc(-c3ncc4c(N5CCCOCC5)nc(OC[C@]56CCC[C@H]5N(C5C[C@@H]7CS(=O)(=O)C[C@@H]7C5)CCC6)nc4c3F)c12. The minimum absolute atomic E-state index is 0.00788. The van der Waals surface area contributed by atoms with Gasteiger partial charge in [0.25, 0.3) is 0 Å². The molecule has 3 aliphatic heterocycles. The standard InChI is InChI=1S/C40H43F2N5O5S/c1-2-29-32(41)8-7-24-18-28(48)19-30(34(24)29)36-35(42)37-31(20-43-36)38(46-11-5-14-51-15-13-46)45-39(44-37)52-23-40-9-3-6-33(40)47(12-4-10-40)27-16-25-21-53(49,50)22-26(25)17-27/h1,7-8,18-20,25-27,33,48H,3-6,9-17,21-23H2/t25-,26+,27?,33-,40-/m1/s1. The van der Waals surface area contributed by atoms with Crippen molar-refractivity contribution in [1.29, 1.82) is 0 Å². The molecular formula is C40H43F2N5O5S. The van der Waals surface area contributed by atoms with E-state index in [4.69, 9.17) is 25.9 Å². The number of rotatable bonds is 6. The van der Waals surface area contributed by atoms with Crippen molar-refractivity contribution in [3.05, 3.63) is 47.7 Å². The Morgan fingerprint density at radius 1 is 1.04 bits per heavy atom. The number of piperidine rings is 1. The fraction of sp³-hybridized carbons (Fsp3) is 0.525. The van der Waals surface area contributed by atoms with Crippen LogP contribution in [0.25, 0.3) is 32.9 Å². The number of halogens is 2. The van der Waals surface area contributed by atoms with E-state index in [2.05, 4.69) is 20.7 Å². The molecule has 5 atom stereocenters. The summed E-state index contributed by atoms with van der Waals surface area (Å²) in [6, 6.07) is 6.29. The Hall–Kier alpha value is -4.12. The van der Waals surface area contributed by atoms with E-state index in [0.29, 0.717) is 73.1 Å². The zero-order chi connectivity index (χ0) is 36.5. The molecule has 0 spiro atoms. The highest BCUT2D eigenvalue weighted by Crippen LogP contribution is 2.52. The zero-order valence-electron chi connectivity index (χ0n) is 29.6. The number of anilines is 1. The highest BCUT2D eigenvalue weighted by molar-refractivity contribution is 7.91. The minimum atomic E-state index is -2.92. The first-order chi connectivity index (χ1) is 25.6. The van der Waals surface area contributed by atoms with Crippen molar-refractivity contribution < 1.29 is 31.8 Å². The summed E-state index contributed by atoms with van der Waals surface area (Å²) in [7, 11) is -2.92. The van der Waals surface area contributed by atoms with Crippen molar-refractivity contribution >= 4 is 37.3 Å². The highest BCUT2D eigenvalue weighted by Gasteiger charge is 2.53. The second-order valence-corrected chi connectivity index (χ2v) is 17.9. The number of sulfone groups is 1. The second-order valence-electron chi connectivity index (χ2n) is 15.7. The van der Waals surface area contributed by atoms with Crippen LogP contribution in [0.4, 0.5) is 14.6 Å². The lowest BCUT2D eigenvalue weighted by molar-refractivity contribution is -0.0223. The average molecular weight is 744 g/mol. The van der Waals surface area contributed by atoms with Gasteiger partial charge < -0.3 is 19.5 Å². The first kappa shape index (κ1) is 34.6. The lowest BCUT2D eigenvalue weighted by Crippen LogP contribution is -2.55. The summed E-state index contributed by atoms with van der Waals surface area (Å²) in [5.74, 6) is 2.54. The molecule has 0 radical (unpaired) electrons. The van der Waals surface area contributed by atoms with Gasteiger partial charge in [0.1, 0.15) is 28.6 Å². The fourth-order valence-electron chi connectivity index (χ4n) is 10.4. The molecule has 53 heavy (non-hydrogen) atoms. The van der Waals surface area contributed by atoms with Crippen LogP contribution >= 0.6 is 0 Å². The predicted octanol–water partition coefficient (Wildman–Crippen LogP) is 5.87. The number of hydrogen-bond donors (Lipinski definition) is 1. The van der Waals surface area contributed by atoms with Crippen LogP contribution in [0.15, 0.2) is 30.5 Å². The van der Waals surface area contributed by atoms with Crippen molar-refractivity contribution in [3.8, 4) is 35.4 Å². The molecule has 2 saturated carbocycles. The Bertz CT molecular complexity index is 2240. The van der Waals surface area contributed by atoms with Crippen molar-refractivity contribution in [3.63, 3.8) is 0 Å². The van der Waals surface area contributed by atoms with Crippen LogP contribution in [0.1, 0.15) is 56.9 Å². The largest absolute Gasteiger partial charge is 0.508 e. The van der Waals surface area contributed by atoms with E-state index in [9.17, 15) is 17.9 Å². The molecule has 4 aromatic rings. The van der Waals surface area contributed by atoms with Crippen LogP contribution < -0.4 is 9.64 Å². The van der Waals surface area contributed by atoms with Crippen molar-refractivity contribution in [1.82, 2.24) is 19.9 Å². The molecule has 10 nitrogen and oxygen atoms in total. The summed E-state index contributed by atoms with van der Waals surface area (Å²) in [4.78, 5) is 18.8. The highest BCUT2D eigenvalue weighted by atomic mass is 32.2. The van der Waals surface area contributed by atoms with Gasteiger partial charge in [-0.25, -0.2) is 17.2 Å². The normalized spacial score (nSPS) is 28.5. The molecule has 13 heteroatoms. The number of phenolic OH excluding ortho intramolecular Hbond substituents is 1. The topological polar surface area (TPSA) is 118 Å². The summed E-state index contributed by atoms with van der Waals surface area (Å²) in [5.41, 5.74) is -0.125. The second kappa shape index (κ2) is 13.3. The maximum atomic E-state index is 17.0. The average Bonchev–Trinajstić information content (AvgIpc) is 3.73. The van der Waals surface area contributed by atoms with Gasteiger partial charge >= 0.3 is 6.01 Å². The number of aromatic hydroxyl groups is 1. The van der Waals surface area contributed by atoms with E-state index in [-0.39, 0.29) is 56.7 Å². The van der Waals surface area contributed by atoms with Crippen LogP contribution in [-0.2, 0) is 14.6 Å². The number of fused-ring (bicyclic) bond motifs is 4. The molecule has 5 fully saturated rings. The third kappa shape index (κ3) is 6.07. The molecule has 278 valence electrons. The van der Waals surface area contributed by atoms with Crippen LogP contribution in [0.2, 0.25) is 0 Å². The Morgan fingerprint density at radius 3 is 2.66 bits per heavy atom. The van der Waals surface area contributed by atoms with E-state index in [0.717, 1.165) is 57.9 Å². The molecule has 0 bridgehead atoms. The predicted molar refractivity (Wildman–Crippen MR) is 198 cm³/mol. The molecule has 3 saturated heterocycles. The Labute approximate surface area is 307 Å². The molecule has 1 N–H and O–H groups in total. The molecule has 5 aliphatic rings. The summed E-state index contributed by atoms with van der Waals surface area (Å²) in [6.07, 6.45) is 15.1.